The molecular weight excluding hydrogens is 269 g/mol. The number of rotatable bonds is 8. The number of nitrogens with zero attached hydrogens (tertiary/aromatic N) is 1. The molecule has 114 valence electrons. The Kier molecular flexibility index (Phi) is 6.64. The van der Waals surface area contributed by atoms with E-state index in [0.29, 0.717) is 5.75 Å². The number of alkyl halides is 3. The van der Waals surface area contributed by atoms with Crippen LogP contribution in [0.25, 0.3) is 0 Å². The van der Waals surface area contributed by atoms with E-state index in [1.54, 1.807) is 6.07 Å². The molecule has 1 rings (SSSR count). The van der Waals surface area contributed by atoms with Crippen LogP contribution >= 0.6 is 0 Å². The molecule has 0 fully saturated rings. The van der Waals surface area contributed by atoms with Crippen molar-refractivity contribution in [2.75, 3.05) is 37.7 Å². The Balaban J connectivity index is 2.39. The fourth-order valence-electron chi connectivity index (χ4n) is 1.83. The van der Waals surface area contributed by atoms with Gasteiger partial charge in [0.1, 0.15) is 12.4 Å². The lowest BCUT2D eigenvalue weighted by atomic mass is 10.2. The smallest absolute Gasteiger partial charge is 0.401 e. The number of benzene rings is 1. The van der Waals surface area contributed by atoms with Crippen molar-refractivity contribution < 1.29 is 17.9 Å². The van der Waals surface area contributed by atoms with Crippen LogP contribution in [0.4, 0.5) is 18.9 Å². The second-order valence-corrected chi connectivity index (χ2v) is 4.31. The molecule has 20 heavy (non-hydrogen) atoms. The van der Waals surface area contributed by atoms with Gasteiger partial charge in [0, 0.05) is 31.4 Å². The molecule has 0 saturated heterocycles. The highest BCUT2D eigenvalue weighted by Gasteiger charge is 2.25. The molecule has 0 bridgehead atoms. The van der Waals surface area contributed by atoms with Gasteiger partial charge in [0.2, 0.25) is 0 Å². The Morgan fingerprint density at radius 3 is 2.50 bits per heavy atom. The van der Waals surface area contributed by atoms with Gasteiger partial charge >= 0.3 is 6.18 Å². The van der Waals surface area contributed by atoms with Crippen LogP contribution < -0.4 is 15.0 Å². The van der Waals surface area contributed by atoms with E-state index >= 15 is 0 Å². The van der Waals surface area contributed by atoms with E-state index in [0.717, 1.165) is 18.8 Å². The van der Waals surface area contributed by atoms with Crippen molar-refractivity contribution in [3.8, 4) is 5.75 Å². The summed E-state index contributed by atoms with van der Waals surface area (Å²) in [6.07, 6.45) is -4.18. The van der Waals surface area contributed by atoms with Gasteiger partial charge in [-0.3, -0.25) is 0 Å². The number of hydrogen-bond acceptors (Lipinski definition) is 3. The van der Waals surface area contributed by atoms with Crippen LogP contribution in [0.5, 0.6) is 5.75 Å². The van der Waals surface area contributed by atoms with Gasteiger partial charge in [-0.2, -0.15) is 13.2 Å². The van der Waals surface area contributed by atoms with Gasteiger partial charge in [-0.15, -0.1) is 0 Å². The van der Waals surface area contributed by atoms with Gasteiger partial charge in [-0.05, 0) is 26.0 Å². The lowest BCUT2D eigenvalue weighted by Crippen LogP contribution is -2.31. The quantitative estimate of drug-likeness (QED) is 0.745. The zero-order valence-electron chi connectivity index (χ0n) is 11.8. The van der Waals surface area contributed by atoms with Crippen LogP contribution in [0.2, 0.25) is 0 Å². The van der Waals surface area contributed by atoms with Crippen LogP contribution in [0, 0.1) is 0 Å². The first kappa shape index (κ1) is 16.6. The minimum absolute atomic E-state index is 0.162. The van der Waals surface area contributed by atoms with Gasteiger partial charge in [0.15, 0.2) is 0 Å². The minimum Gasteiger partial charge on any atom is -0.492 e. The summed E-state index contributed by atoms with van der Waals surface area (Å²) in [5.74, 6) is 0.670. The number of hydrogen-bond donors (Lipinski definition) is 1. The maximum atomic E-state index is 11.9. The molecule has 0 amide bonds. The Morgan fingerprint density at radius 1 is 1.20 bits per heavy atom. The molecule has 0 aliphatic rings. The molecule has 0 saturated carbocycles. The van der Waals surface area contributed by atoms with Crippen molar-refractivity contribution in [2.24, 2.45) is 0 Å². The van der Waals surface area contributed by atoms with Gasteiger partial charge < -0.3 is 15.0 Å². The third-order valence-electron chi connectivity index (χ3n) is 2.82. The summed E-state index contributed by atoms with van der Waals surface area (Å²) < 4.78 is 41.2. The third kappa shape index (κ3) is 6.14. The molecule has 0 aliphatic carbocycles. The molecule has 1 N–H and O–H groups in total. The molecule has 1 aromatic rings. The molecule has 0 heterocycles. The SMILES string of the molecule is CCN(CC)c1cccc(OCCNCC(F)(F)F)c1. The van der Waals surface area contributed by atoms with Crippen LogP contribution in [0.15, 0.2) is 24.3 Å². The monoisotopic (exact) mass is 290 g/mol. The van der Waals surface area contributed by atoms with Crippen LogP contribution in [0.1, 0.15) is 13.8 Å². The summed E-state index contributed by atoms with van der Waals surface area (Å²) in [5.41, 5.74) is 1.05. The second-order valence-electron chi connectivity index (χ2n) is 4.31. The average Bonchev–Trinajstić information content (AvgIpc) is 2.39. The Morgan fingerprint density at radius 2 is 1.90 bits per heavy atom. The van der Waals surface area contributed by atoms with Crippen molar-refractivity contribution in [3.05, 3.63) is 24.3 Å². The molecule has 6 heteroatoms. The first-order valence-electron chi connectivity index (χ1n) is 6.71. The van der Waals surface area contributed by atoms with Crippen LogP contribution in [0.3, 0.4) is 0 Å². The van der Waals surface area contributed by atoms with Gasteiger partial charge in [0.25, 0.3) is 0 Å². The van der Waals surface area contributed by atoms with Crippen molar-refractivity contribution in [1.29, 1.82) is 0 Å². The normalized spacial score (nSPS) is 11.4. The van der Waals surface area contributed by atoms with E-state index in [9.17, 15) is 13.2 Å². The van der Waals surface area contributed by atoms with Crippen LogP contribution in [-0.2, 0) is 0 Å². The maximum absolute atomic E-state index is 11.9. The standard InChI is InChI=1S/C14H21F3N2O/c1-3-19(4-2)12-6-5-7-13(10-12)20-9-8-18-11-14(15,16)17/h5-7,10,18H,3-4,8-9,11H2,1-2H3. The first-order chi connectivity index (χ1) is 9.46. The van der Waals surface area contributed by atoms with Crippen molar-refractivity contribution in [1.82, 2.24) is 5.32 Å². The number of ether oxygens (including phenoxy) is 1. The zero-order chi connectivity index (χ0) is 15.0. The summed E-state index contributed by atoms with van der Waals surface area (Å²) in [4.78, 5) is 2.18. The Bertz CT molecular complexity index is 392. The molecule has 1 aromatic carbocycles. The van der Waals surface area contributed by atoms with E-state index in [1.165, 1.54) is 0 Å². The highest BCUT2D eigenvalue weighted by molar-refractivity contribution is 5.50. The zero-order valence-corrected chi connectivity index (χ0v) is 11.8. The molecule has 0 unspecified atom stereocenters. The summed E-state index contributed by atoms with van der Waals surface area (Å²) in [6, 6.07) is 7.57. The van der Waals surface area contributed by atoms with E-state index < -0.39 is 12.7 Å². The molecular formula is C14H21F3N2O. The Hall–Kier alpha value is -1.43. The van der Waals surface area contributed by atoms with Gasteiger partial charge in [-0.25, -0.2) is 0 Å². The predicted molar refractivity (Wildman–Crippen MR) is 74.4 cm³/mol. The second kappa shape index (κ2) is 7.99. The van der Waals surface area contributed by atoms with Crippen molar-refractivity contribution in [3.63, 3.8) is 0 Å². The largest absolute Gasteiger partial charge is 0.492 e. The molecule has 3 nitrogen and oxygen atoms in total. The highest BCUT2D eigenvalue weighted by Crippen LogP contribution is 2.20. The maximum Gasteiger partial charge on any atom is 0.401 e. The van der Waals surface area contributed by atoms with Crippen molar-refractivity contribution >= 4 is 5.69 Å². The topological polar surface area (TPSA) is 24.5 Å². The predicted octanol–water partition coefficient (Wildman–Crippen LogP) is 3.06. The molecule has 0 atom stereocenters. The minimum atomic E-state index is -4.18. The summed E-state index contributed by atoms with van der Waals surface area (Å²) >= 11 is 0. The van der Waals surface area contributed by atoms with Crippen LogP contribution in [-0.4, -0.2) is 39.0 Å². The third-order valence-corrected chi connectivity index (χ3v) is 2.82. The first-order valence-corrected chi connectivity index (χ1v) is 6.71. The summed E-state index contributed by atoms with van der Waals surface area (Å²) in [6.45, 7) is 5.30. The molecule has 0 aromatic heterocycles. The summed E-state index contributed by atoms with van der Waals surface area (Å²) in [7, 11) is 0. The fourth-order valence-corrected chi connectivity index (χ4v) is 1.83. The number of anilines is 1. The number of halogens is 3. The number of nitrogens with one attached hydrogen (secondary N) is 1. The Labute approximate surface area is 117 Å². The van der Waals surface area contributed by atoms with E-state index in [4.69, 9.17) is 4.74 Å². The van der Waals surface area contributed by atoms with E-state index in [2.05, 4.69) is 24.1 Å². The molecule has 0 radical (unpaired) electrons. The molecule has 0 aliphatic heterocycles. The van der Waals surface area contributed by atoms with Gasteiger partial charge in [0.05, 0.1) is 6.54 Å². The lowest BCUT2D eigenvalue weighted by Gasteiger charge is -2.21. The lowest BCUT2D eigenvalue weighted by molar-refractivity contribution is -0.124. The highest BCUT2D eigenvalue weighted by atomic mass is 19.4. The van der Waals surface area contributed by atoms with E-state index in [-0.39, 0.29) is 13.2 Å². The molecule has 0 spiro atoms. The van der Waals surface area contributed by atoms with Gasteiger partial charge in [-0.1, -0.05) is 6.07 Å². The fraction of sp³-hybridized carbons (Fsp3) is 0.571. The summed E-state index contributed by atoms with van der Waals surface area (Å²) in [5, 5.41) is 2.29. The van der Waals surface area contributed by atoms with E-state index in [1.807, 2.05) is 18.2 Å². The van der Waals surface area contributed by atoms with Crippen molar-refractivity contribution in [2.45, 2.75) is 20.0 Å². The average molecular weight is 290 g/mol.